The Hall–Kier alpha value is -1.53. The number of rotatable bonds is 7. The maximum atomic E-state index is 14.4. The molecule has 1 aliphatic heterocycles. The molecule has 1 heterocycles. The van der Waals surface area contributed by atoms with Gasteiger partial charge in [-0.25, -0.2) is 8.78 Å². The highest BCUT2D eigenvalue weighted by molar-refractivity contribution is 5.85. The molecule has 1 aliphatic rings. The van der Waals surface area contributed by atoms with E-state index in [-0.39, 0.29) is 24.4 Å². The third-order valence-corrected chi connectivity index (χ3v) is 4.88. The number of morpholine rings is 1. The van der Waals surface area contributed by atoms with Crippen LogP contribution in [-0.2, 0) is 11.3 Å². The summed E-state index contributed by atoms with van der Waals surface area (Å²) in [6.45, 7) is 3.75. The predicted molar refractivity (Wildman–Crippen MR) is 106 cm³/mol. The van der Waals surface area contributed by atoms with Crippen molar-refractivity contribution in [3.63, 3.8) is 0 Å². The molecular weight excluding hydrogens is 370 g/mol. The summed E-state index contributed by atoms with van der Waals surface area (Å²) in [7, 11) is 2.06. The van der Waals surface area contributed by atoms with Crippen LogP contribution in [0.4, 0.5) is 8.78 Å². The van der Waals surface area contributed by atoms with Crippen LogP contribution in [-0.4, -0.2) is 44.3 Å². The fraction of sp³-hybridized carbons (Fsp3) is 0.429. The van der Waals surface area contributed by atoms with Crippen LogP contribution in [0.25, 0.3) is 0 Å². The molecule has 3 rings (SSSR count). The first-order valence-electron chi connectivity index (χ1n) is 9.13. The minimum atomic E-state index is -0.547. The first-order valence-corrected chi connectivity index (χ1v) is 9.13. The molecule has 0 spiro atoms. The van der Waals surface area contributed by atoms with Gasteiger partial charge in [-0.2, -0.15) is 0 Å². The van der Waals surface area contributed by atoms with Crippen LogP contribution >= 0.6 is 12.4 Å². The lowest BCUT2D eigenvalue weighted by molar-refractivity contribution is 0.00693. The van der Waals surface area contributed by atoms with E-state index in [4.69, 9.17) is 4.74 Å². The third-order valence-electron chi connectivity index (χ3n) is 4.88. The molecule has 148 valence electrons. The van der Waals surface area contributed by atoms with Crippen molar-refractivity contribution in [1.29, 1.82) is 0 Å². The zero-order valence-corrected chi connectivity index (χ0v) is 16.4. The van der Waals surface area contributed by atoms with Gasteiger partial charge in [0.1, 0.15) is 11.6 Å². The average Bonchev–Trinajstić information content (AvgIpc) is 2.65. The lowest BCUT2D eigenvalue weighted by Crippen LogP contribution is -2.42. The number of ether oxygens (including phenoxy) is 1. The highest BCUT2D eigenvalue weighted by atomic mass is 35.5. The molecule has 0 amide bonds. The Morgan fingerprint density at radius 1 is 1.19 bits per heavy atom. The third kappa shape index (κ3) is 6.25. The van der Waals surface area contributed by atoms with Gasteiger partial charge in [-0.3, -0.25) is 0 Å². The lowest BCUT2D eigenvalue weighted by atomic mass is 9.88. The fourth-order valence-electron chi connectivity index (χ4n) is 3.52. The second-order valence-electron chi connectivity index (χ2n) is 6.90. The molecule has 0 bridgehead atoms. The van der Waals surface area contributed by atoms with Crippen LogP contribution in [0.15, 0.2) is 48.5 Å². The van der Waals surface area contributed by atoms with Crippen molar-refractivity contribution in [2.24, 2.45) is 0 Å². The second kappa shape index (κ2) is 10.7. The summed E-state index contributed by atoms with van der Waals surface area (Å²) >= 11 is 0. The molecule has 0 aliphatic carbocycles. The van der Waals surface area contributed by atoms with Gasteiger partial charge in [-0.15, -0.1) is 12.4 Å². The van der Waals surface area contributed by atoms with Gasteiger partial charge in [-0.1, -0.05) is 36.4 Å². The van der Waals surface area contributed by atoms with Gasteiger partial charge >= 0.3 is 0 Å². The maximum Gasteiger partial charge on any atom is 0.129 e. The van der Waals surface area contributed by atoms with Crippen LogP contribution in [0, 0.1) is 11.6 Å². The van der Waals surface area contributed by atoms with Gasteiger partial charge < -0.3 is 15.0 Å². The Bertz CT molecular complexity index is 696. The zero-order chi connectivity index (χ0) is 18.4. The molecule has 2 aromatic carbocycles. The van der Waals surface area contributed by atoms with Crippen LogP contribution in [0.5, 0.6) is 0 Å². The number of benzene rings is 2. The van der Waals surface area contributed by atoms with E-state index in [1.807, 2.05) is 18.2 Å². The molecule has 0 saturated carbocycles. The number of hydrogen-bond donors (Lipinski definition) is 1. The van der Waals surface area contributed by atoms with Crippen molar-refractivity contribution in [2.75, 3.05) is 33.3 Å². The summed E-state index contributed by atoms with van der Waals surface area (Å²) in [5, 5.41) is 3.31. The predicted octanol–water partition coefficient (Wildman–Crippen LogP) is 3.98. The lowest BCUT2D eigenvalue weighted by Gasteiger charge is -2.32. The number of hydrogen-bond acceptors (Lipinski definition) is 3. The van der Waals surface area contributed by atoms with E-state index in [0.717, 1.165) is 32.1 Å². The van der Waals surface area contributed by atoms with E-state index in [1.165, 1.54) is 11.6 Å². The summed E-state index contributed by atoms with van der Waals surface area (Å²) in [5.41, 5.74) is 1.78. The summed E-state index contributed by atoms with van der Waals surface area (Å²) < 4.78 is 33.6. The molecule has 1 fully saturated rings. The van der Waals surface area contributed by atoms with E-state index in [0.29, 0.717) is 18.7 Å². The van der Waals surface area contributed by atoms with Crippen LogP contribution in [0.1, 0.15) is 23.5 Å². The Balaban J connectivity index is 0.00000261. The van der Waals surface area contributed by atoms with E-state index in [2.05, 4.69) is 29.4 Å². The molecule has 6 heteroatoms. The smallest absolute Gasteiger partial charge is 0.129 e. The highest BCUT2D eigenvalue weighted by Crippen LogP contribution is 2.29. The van der Waals surface area contributed by atoms with Gasteiger partial charge in [0.15, 0.2) is 0 Å². The standard InChI is InChI=1S/C21H26F2N2O.ClH/c1-25(15-16-5-3-2-4-6-16)11-9-19(21-14-24-10-12-26-21)18-8-7-17(22)13-20(18)23;/h2-8,13,19,21,24H,9-12,14-15H2,1H3;1H. The van der Waals surface area contributed by atoms with Crippen LogP contribution < -0.4 is 5.32 Å². The summed E-state index contributed by atoms with van der Waals surface area (Å²) in [5.74, 6) is -1.15. The quantitative estimate of drug-likeness (QED) is 0.766. The highest BCUT2D eigenvalue weighted by Gasteiger charge is 2.28. The number of nitrogens with one attached hydrogen (secondary N) is 1. The molecular formula is C21H27ClF2N2O. The monoisotopic (exact) mass is 396 g/mol. The summed E-state index contributed by atoms with van der Waals surface area (Å²) in [6.07, 6.45) is 0.645. The molecule has 2 aromatic rings. The normalized spacial score (nSPS) is 18.1. The molecule has 1 N–H and O–H groups in total. The van der Waals surface area contributed by atoms with E-state index < -0.39 is 11.6 Å². The van der Waals surface area contributed by atoms with Crippen molar-refractivity contribution >= 4 is 12.4 Å². The molecule has 2 atom stereocenters. The Kier molecular flexibility index (Phi) is 8.64. The largest absolute Gasteiger partial charge is 0.375 e. The Labute approximate surface area is 166 Å². The van der Waals surface area contributed by atoms with Gasteiger partial charge in [-0.05, 0) is 37.2 Å². The van der Waals surface area contributed by atoms with E-state index >= 15 is 0 Å². The minimum absolute atomic E-state index is 0. The topological polar surface area (TPSA) is 24.5 Å². The van der Waals surface area contributed by atoms with Crippen LogP contribution in [0.3, 0.4) is 0 Å². The van der Waals surface area contributed by atoms with Gasteiger partial charge in [0.2, 0.25) is 0 Å². The molecule has 1 saturated heterocycles. The van der Waals surface area contributed by atoms with Crippen molar-refractivity contribution in [3.05, 3.63) is 71.3 Å². The Morgan fingerprint density at radius 3 is 2.63 bits per heavy atom. The molecule has 3 nitrogen and oxygen atoms in total. The maximum absolute atomic E-state index is 14.4. The SMILES string of the molecule is CN(CCC(c1ccc(F)cc1F)C1CNCCO1)Cc1ccccc1.Cl. The van der Waals surface area contributed by atoms with Gasteiger partial charge in [0.05, 0.1) is 12.7 Å². The van der Waals surface area contributed by atoms with Crippen molar-refractivity contribution < 1.29 is 13.5 Å². The van der Waals surface area contributed by atoms with Gasteiger partial charge in [0.25, 0.3) is 0 Å². The number of nitrogens with zero attached hydrogens (tertiary/aromatic N) is 1. The van der Waals surface area contributed by atoms with Crippen molar-refractivity contribution in [3.8, 4) is 0 Å². The molecule has 27 heavy (non-hydrogen) atoms. The first kappa shape index (κ1) is 21.8. The fourth-order valence-corrected chi connectivity index (χ4v) is 3.52. The average molecular weight is 397 g/mol. The Morgan fingerprint density at radius 2 is 1.96 bits per heavy atom. The van der Waals surface area contributed by atoms with Gasteiger partial charge in [0, 0.05) is 31.6 Å². The van der Waals surface area contributed by atoms with E-state index in [9.17, 15) is 8.78 Å². The summed E-state index contributed by atoms with van der Waals surface area (Å²) in [4.78, 5) is 2.22. The first-order chi connectivity index (χ1) is 12.6. The number of halogens is 3. The molecule has 0 aromatic heterocycles. The minimum Gasteiger partial charge on any atom is -0.375 e. The second-order valence-corrected chi connectivity index (χ2v) is 6.90. The molecule has 2 unspecified atom stereocenters. The van der Waals surface area contributed by atoms with Crippen molar-refractivity contribution in [2.45, 2.75) is 25.0 Å². The van der Waals surface area contributed by atoms with Crippen LogP contribution in [0.2, 0.25) is 0 Å². The summed E-state index contributed by atoms with van der Waals surface area (Å²) in [6, 6.07) is 14.1. The van der Waals surface area contributed by atoms with Crippen molar-refractivity contribution in [1.82, 2.24) is 10.2 Å². The van der Waals surface area contributed by atoms with E-state index in [1.54, 1.807) is 6.07 Å². The zero-order valence-electron chi connectivity index (χ0n) is 15.5. The molecule has 0 radical (unpaired) electrons.